The molecule has 0 aliphatic heterocycles. The number of aliphatic hydroxyl groups excluding tert-OH is 1. The average molecular weight is 531 g/mol. The summed E-state index contributed by atoms with van der Waals surface area (Å²) in [6.07, 6.45) is 2.81. The molecule has 8 nitrogen and oxygen atoms in total. The van der Waals surface area contributed by atoms with Crippen molar-refractivity contribution in [3.8, 4) is 22.1 Å². The maximum absolute atomic E-state index is 13.2. The predicted molar refractivity (Wildman–Crippen MR) is 137 cm³/mol. The van der Waals surface area contributed by atoms with E-state index in [9.17, 15) is 18.7 Å². The van der Waals surface area contributed by atoms with Gasteiger partial charge >= 0.3 is 6.61 Å². The molecule has 0 aliphatic carbocycles. The molecule has 3 aromatic heterocycles. The number of hydrogen-bond donors (Lipinski definition) is 3. The SMILES string of the molecule is CC(Oc1cc(-c2cnc3ccccn23)sc1C(N)=O)c1ccc(CNC(C)(C)CO)cc1OC(F)F. The molecule has 0 radical (unpaired) electrons. The number of carbonyl (C=O) groups is 1. The van der Waals surface area contributed by atoms with Crippen LogP contribution < -0.4 is 20.5 Å². The van der Waals surface area contributed by atoms with E-state index in [4.69, 9.17) is 15.2 Å². The standard InChI is InChI=1S/C26H28F2N4O4S/c1-15(17-8-7-16(10-19(17)36-25(27)28)12-31-26(2,3)14-33)35-20-11-21(37-23(20)24(29)34)18-13-30-22-6-4-5-9-32(18)22/h4-11,13,15,25,31,33H,12,14H2,1-3H3,(H2,29,34). The second-order valence-electron chi connectivity index (χ2n) is 9.15. The third kappa shape index (κ3) is 6.07. The van der Waals surface area contributed by atoms with Gasteiger partial charge in [-0.3, -0.25) is 9.20 Å². The number of halogens is 2. The highest BCUT2D eigenvalue weighted by molar-refractivity contribution is 7.17. The first-order chi connectivity index (χ1) is 17.6. The quantitative estimate of drug-likeness (QED) is 0.258. The van der Waals surface area contributed by atoms with Crippen LogP contribution >= 0.6 is 11.3 Å². The van der Waals surface area contributed by atoms with Crippen LogP contribution in [0, 0.1) is 0 Å². The van der Waals surface area contributed by atoms with Crippen molar-refractivity contribution in [3.63, 3.8) is 0 Å². The molecular formula is C26H28F2N4O4S. The molecule has 1 unspecified atom stereocenters. The number of nitrogens with one attached hydrogen (secondary N) is 1. The number of amides is 1. The number of hydrogen-bond acceptors (Lipinski definition) is 7. The number of aliphatic hydroxyl groups is 1. The fourth-order valence-electron chi connectivity index (χ4n) is 3.75. The Bertz CT molecular complexity index is 1400. The van der Waals surface area contributed by atoms with Gasteiger partial charge < -0.3 is 25.6 Å². The van der Waals surface area contributed by atoms with Crippen LogP contribution in [0.4, 0.5) is 8.78 Å². The molecule has 0 bridgehead atoms. The lowest BCUT2D eigenvalue weighted by Gasteiger charge is -2.24. The number of fused-ring (bicyclic) bond motifs is 1. The smallest absolute Gasteiger partial charge is 0.387 e. The lowest BCUT2D eigenvalue weighted by Crippen LogP contribution is -2.42. The number of thiophene rings is 1. The molecule has 1 atom stereocenters. The van der Waals surface area contributed by atoms with Gasteiger partial charge in [-0.15, -0.1) is 11.3 Å². The van der Waals surface area contributed by atoms with E-state index < -0.39 is 24.2 Å². The molecule has 1 aromatic carbocycles. The number of benzene rings is 1. The maximum Gasteiger partial charge on any atom is 0.387 e. The van der Waals surface area contributed by atoms with Gasteiger partial charge in [-0.25, -0.2) is 4.98 Å². The highest BCUT2D eigenvalue weighted by atomic mass is 32.1. The number of rotatable bonds is 11. The lowest BCUT2D eigenvalue weighted by atomic mass is 10.0. The molecule has 4 N–H and O–H groups in total. The van der Waals surface area contributed by atoms with Crippen LogP contribution in [0.1, 0.15) is 47.7 Å². The number of aromatic nitrogens is 2. The van der Waals surface area contributed by atoms with Crippen LogP contribution in [0.5, 0.6) is 11.5 Å². The van der Waals surface area contributed by atoms with Crippen molar-refractivity contribution in [3.05, 3.63) is 70.9 Å². The van der Waals surface area contributed by atoms with E-state index in [1.807, 2.05) is 42.6 Å². The van der Waals surface area contributed by atoms with E-state index in [2.05, 4.69) is 10.3 Å². The molecule has 1 amide bonds. The zero-order chi connectivity index (χ0) is 26.7. The zero-order valence-electron chi connectivity index (χ0n) is 20.6. The number of nitrogens with two attached hydrogens (primary N) is 1. The van der Waals surface area contributed by atoms with E-state index in [1.165, 1.54) is 17.4 Å². The Balaban J connectivity index is 1.63. The molecule has 4 rings (SSSR count). The van der Waals surface area contributed by atoms with Gasteiger partial charge in [0.2, 0.25) is 0 Å². The van der Waals surface area contributed by atoms with Crippen LogP contribution in [-0.2, 0) is 6.54 Å². The molecule has 0 saturated heterocycles. The van der Waals surface area contributed by atoms with Gasteiger partial charge in [0.15, 0.2) is 0 Å². The van der Waals surface area contributed by atoms with Crippen LogP contribution in [0.25, 0.3) is 16.2 Å². The molecular weight excluding hydrogens is 502 g/mol. The number of alkyl halides is 2. The first-order valence-electron chi connectivity index (χ1n) is 11.5. The second-order valence-corrected chi connectivity index (χ2v) is 10.2. The minimum atomic E-state index is -3.04. The summed E-state index contributed by atoms with van der Waals surface area (Å²) in [5, 5.41) is 12.6. The molecule has 37 heavy (non-hydrogen) atoms. The molecule has 0 saturated carbocycles. The van der Waals surface area contributed by atoms with Gasteiger partial charge in [-0.05, 0) is 44.5 Å². The van der Waals surface area contributed by atoms with Crippen molar-refractivity contribution < 1.29 is 28.2 Å². The number of ether oxygens (including phenoxy) is 2. The molecule has 0 aliphatic rings. The van der Waals surface area contributed by atoms with Crippen molar-refractivity contribution in [2.45, 2.75) is 45.6 Å². The largest absolute Gasteiger partial charge is 0.484 e. The van der Waals surface area contributed by atoms with E-state index in [-0.39, 0.29) is 23.0 Å². The highest BCUT2D eigenvalue weighted by Crippen LogP contribution is 2.39. The lowest BCUT2D eigenvalue weighted by molar-refractivity contribution is -0.0513. The van der Waals surface area contributed by atoms with Crippen molar-refractivity contribution >= 4 is 22.9 Å². The third-order valence-corrected chi connectivity index (χ3v) is 6.95. The van der Waals surface area contributed by atoms with E-state index in [0.717, 1.165) is 11.3 Å². The predicted octanol–water partition coefficient (Wildman–Crippen LogP) is 4.76. The van der Waals surface area contributed by atoms with E-state index >= 15 is 0 Å². The number of carbonyl (C=O) groups excluding carboxylic acids is 1. The highest BCUT2D eigenvalue weighted by Gasteiger charge is 2.23. The molecule has 11 heteroatoms. The first kappa shape index (κ1) is 26.5. The number of imidazole rings is 1. The summed E-state index contributed by atoms with van der Waals surface area (Å²) in [5.41, 5.74) is 7.66. The summed E-state index contributed by atoms with van der Waals surface area (Å²) in [5.74, 6) is -0.463. The van der Waals surface area contributed by atoms with Gasteiger partial charge in [-0.2, -0.15) is 8.78 Å². The molecule has 4 aromatic rings. The van der Waals surface area contributed by atoms with Gasteiger partial charge in [0.05, 0.1) is 23.4 Å². The summed E-state index contributed by atoms with van der Waals surface area (Å²) in [4.78, 5) is 17.5. The second kappa shape index (κ2) is 10.8. The monoisotopic (exact) mass is 530 g/mol. The minimum absolute atomic E-state index is 0.0403. The van der Waals surface area contributed by atoms with Crippen LogP contribution in [0.3, 0.4) is 0 Å². The Hall–Kier alpha value is -3.54. The van der Waals surface area contributed by atoms with Crippen LogP contribution in [0.15, 0.2) is 54.9 Å². The van der Waals surface area contributed by atoms with Crippen molar-refractivity contribution in [1.82, 2.24) is 14.7 Å². The fraction of sp³-hybridized carbons (Fsp3) is 0.308. The van der Waals surface area contributed by atoms with Gasteiger partial charge in [-0.1, -0.05) is 18.2 Å². The number of pyridine rings is 1. The topological polar surface area (TPSA) is 111 Å². The third-order valence-electron chi connectivity index (χ3n) is 5.79. The first-order valence-corrected chi connectivity index (χ1v) is 12.4. The Labute approximate surface area is 216 Å². The molecule has 0 fully saturated rings. The summed E-state index contributed by atoms with van der Waals surface area (Å²) in [6, 6.07) is 12.2. The van der Waals surface area contributed by atoms with E-state index in [1.54, 1.807) is 31.3 Å². The van der Waals surface area contributed by atoms with Gasteiger partial charge in [0.1, 0.15) is 28.1 Å². The Morgan fingerprint density at radius 2 is 2.00 bits per heavy atom. The van der Waals surface area contributed by atoms with Crippen molar-refractivity contribution in [1.29, 1.82) is 0 Å². The minimum Gasteiger partial charge on any atom is -0.484 e. The summed E-state index contributed by atoms with van der Waals surface area (Å²) in [6.45, 7) is 2.54. The Morgan fingerprint density at radius 3 is 2.70 bits per heavy atom. The summed E-state index contributed by atoms with van der Waals surface area (Å²) in [7, 11) is 0. The average Bonchev–Trinajstić information content (AvgIpc) is 3.47. The molecule has 0 spiro atoms. The van der Waals surface area contributed by atoms with Crippen molar-refractivity contribution in [2.75, 3.05) is 6.61 Å². The summed E-state index contributed by atoms with van der Waals surface area (Å²) < 4.78 is 39.2. The normalized spacial score (nSPS) is 12.7. The summed E-state index contributed by atoms with van der Waals surface area (Å²) >= 11 is 1.17. The molecule has 3 heterocycles. The number of primary amides is 1. The van der Waals surface area contributed by atoms with E-state index in [0.29, 0.717) is 22.5 Å². The molecule has 196 valence electrons. The Kier molecular flexibility index (Phi) is 7.76. The van der Waals surface area contributed by atoms with Gasteiger partial charge in [0, 0.05) is 29.9 Å². The van der Waals surface area contributed by atoms with Gasteiger partial charge in [0.25, 0.3) is 5.91 Å². The zero-order valence-corrected chi connectivity index (χ0v) is 21.4. The van der Waals surface area contributed by atoms with Crippen LogP contribution in [0.2, 0.25) is 0 Å². The van der Waals surface area contributed by atoms with Crippen LogP contribution in [-0.4, -0.2) is 39.2 Å². The maximum atomic E-state index is 13.2. The Morgan fingerprint density at radius 1 is 1.22 bits per heavy atom. The van der Waals surface area contributed by atoms with Crippen molar-refractivity contribution in [2.24, 2.45) is 5.73 Å². The number of nitrogens with zero attached hydrogens (tertiary/aromatic N) is 2. The fourth-order valence-corrected chi connectivity index (χ4v) is 4.70.